The van der Waals surface area contributed by atoms with E-state index in [1.807, 2.05) is 32.0 Å². The van der Waals surface area contributed by atoms with Crippen molar-refractivity contribution in [2.45, 2.75) is 19.9 Å². The predicted octanol–water partition coefficient (Wildman–Crippen LogP) is 3.28. The summed E-state index contributed by atoms with van der Waals surface area (Å²) in [6.07, 6.45) is 1.71. The summed E-state index contributed by atoms with van der Waals surface area (Å²) >= 11 is 0. The maximum absolute atomic E-state index is 9.95. The molecular formula is C15H18N2O2. The van der Waals surface area contributed by atoms with Crippen LogP contribution in [0.1, 0.15) is 24.1 Å². The highest BCUT2D eigenvalue weighted by Gasteiger charge is 2.10. The second kappa shape index (κ2) is 5.61. The lowest BCUT2D eigenvalue weighted by Crippen LogP contribution is -2.07. The molecule has 1 heterocycles. The molecule has 0 amide bonds. The molecule has 1 atom stereocenters. The highest BCUT2D eigenvalue weighted by atomic mass is 16.5. The largest absolute Gasteiger partial charge is 0.508 e. The van der Waals surface area contributed by atoms with Crippen molar-refractivity contribution in [3.8, 4) is 11.6 Å². The summed E-state index contributed by atoms with van der Waals surface area (Å²) in [6, 6.07) is 9.37. The first-order chi connectivity index (χ1) is 9.10. The predicted molar refractivity (Wildman–Crippen MR) is 75.7 cm³/mol. The van der Waals surface area contributed by atoms with E-state index in [0.717, 1.165) is 16.8 Å². The molecule has 2 rings (SSSR count). The summed E-state index contributed by atoms with van der Waals surface area (Å²) in [4.78, 5) is 4.13. The quantitative estimate of drug-likeness (QED) is 0.883. The molecule has 19 heavy (non-hydrogen) atoms. The van der Waals surface area contributed by atoms with Crippen LogP contribution in [0.25, 0.3) is 0 Å². The van der Waals surface area contributed by atoms with E-state index < -0.39 is 0 Å². The van der Waals surface area contributed by atoms with Gasteiger partial charge in [-0.15, -0.1) is 0 Å². The molecule has 0 aliphatic heterocycles. The Morgan fingerprint density at radius 1 is 1.26 bits per heavy atom. The van der Waals surface area contributed by atoms with E-state index in [0.29, 0.717) is 11.6 Å². The lowest BCUT2D eigenvalue weighted by atomic mass is 10.0. The second-order valence-electron chi connectivity index (χ2n) is 4.52. The van der Waals surface area contributed by atoms with Crippen LogP contribution in [-0.4, -0.2) is 17.2 Å². The maximum atomic E-state index is 9.95. The molecular weight excluding hydrogens is 240 g/mol. The van der Waals surface area contributed by atoms with Crippen molar-refractivity contribution in [2.24, 2.45) is 0 Å². The molecule has 4 nitrogen and oxygen atoms in total. The van der Waals surface area contributed by atoms with Crippen LogP contribution < -0.4 is 10.1 Å². The van der Waals surface area contributed by atoms with E-state index in [2.05, 4.69) is 10.3 Å². The molecule has 4 heteroatoms. The van der Waals surface area contributed by atoms with Crippen molar-refractivity contribution in [2.75, 3.05) is 12.4 Å². The van der Waals surface area contributed by atoms with Gasteiger partial charge in [0.05, 0.1) is 25.0 Å². The number of nitrogens with one attached hydrogen (secondary N) is 1. The average Bonchev–Trinajstić information content (AvgIpc) is 2.39. The third-order valence-electron chi connectivity index (χ3n) is 2.98. The average molecular weight is 258 g/mol. The minimum Gasteiger partial charge on any atom is -0.508 e. The Balaban J connectivity index is 2.13. The molecule has 0 saturated carbocycles. The smallest absolute Gasteiger partial charge is 0.213 e. The number of anilines is 1. The Kier molecular flexibility index (Phi) is 3.90. The number of methoxy groups -OCH3 is 1. The Bertz CT molecular complexity index is 553. The first kappa shape index (κ1) is 13.2. The zero-order chi connectivity index (χ0) is 13.8. The molecule has 100 valence electrons. The molecule has 1 aromatic heterocycles. The van der Waals surface area contributed by atoms with Gasteiger partial charge in [0.1, 0.15) is 5.75 Å². The first-order valence-electron chi connectivity index (χ1n) is 6.16. The van der Waals surface area contributed by atoms with Crippen molar-refractivity contribution in [3.05, 3.63) is 47.7 Å². The number of ether oxygens (including phenoxy) is 1. The summed E-state index contributed by atoms with van der Waals surface area (Å²) in [7, 11) is 1.59. The normalized spacial score (nSPS) is 11.9. The number of rotatable bonds is 4. The van der Waals surface area contributed by atoms with Gasteiger partial charge in [-0.1, -0.05) is 12.1 Å². The van der Waals surface area contributed by atoms with Crippen molar-refractivity contribution in [1.29, 1.82) is 0 Å². The fourth-order valence-electron chi connectivity index (χ4n) is 1.93. The number of hydrogen-bond donors (Lipinski definition) is 2. The van der Waals surface area contributed by atoms with Gasteiger partial charge in [-0.25, -0.2) is 4.98 Å². The molecule has 2 N–H and O–H groups in total. The summed E-state index contributed by atoms with van der Waals surface area (Å²) in [5, 5.41) is 13.2. The maximum Gasteiger partial charge on any atom is 0.213 e. The SMILES string of the molecule is COc1ccc(NC(C)c2ccc(C)cc2O)cn1. The van der Waals surface area contributed by atoms with E-state index in [1.165, 1.54) is 0 Å². The van der Waals surface area contributed by atoms with Gasteiger partial charge in [0.15, 0.2) is 0 Å². The monoisotopic (exact) mass is 258 g/mol. The van der Waals surface area contributed by atoms with Gasteiger partial charge in [0, 0.05) is 11.6 Å². The fraction of sp³-hybridized carbons (Fsp3) is 0.267. The molecule has 1 unspecified atom stereocenters. The Labute approximate surface area is 113 Å². The Morgan fingerprint density at radius 2 is 2.05 bits per heavy atom. The van der Waals surface area contributed by atoms with Crippen LogP contribution in [-0.2, 0) is 0 Å². The van der Waals surface area contributed by atoms with Crippen LogP contribution in [0.5, 0.6) is 11.6 Å². The minimum absolute atomic E-state index is 0.00389. The molecule has 2 aromatic rings. The number of benzene rings is 1. The number of hydrogen-bond acceptors (Lipinski definition) is 4. The molecule has 0 spiro atoms. The van der Waals surface area contributed by atoms with E-state index in [4.69, 9.17) is 4.74 Å². The number of aryl methyl sites for hydroxylation is 1. The van der Waals surface area contributed by atoms with E-state index in [9.17, 15) is 5.11 Å². The standard InChI is InChI=1S/C15H18N2O2/c1-10-4-6-13(14(18)8-10)11(2)17-12-5-7-15(19-3)16-9-12/h4-9,11,17-18H,1-3H3. The zero-order valence-electron chi connectivity index (χ0n) is 11.3. The second-order valence-corrected chi connectivity index (χ2v) is 4.52. The van der Waals surface area contributed by atoms with Crippen molar-refractivity contribution < 1.29 is 9.84 Å². The summed E-state index contributed by atoms with van der Waals surface area (Å²) in [6.45, 7) is 3.95. The molecule has 0 bridgehead atoms. The van der Waals surface area contributed by atoms with Crippen LogP contribution in [0, 0.1) is 6.92 Å². The van der Waals surface area contributed by atoms with Gasteiger partial charge in [-0.3, -0.25) is 0 Å². The van der Waals surface area contributed by atoms with Crippen molar-refractivity contribution >= 4 is 5.69 Å². The lowest BCUT2D eigenvalue weighted by Gasteiger charge is -2.17. The zero-order valence-corrected chi connectivity index (χ0v) is 11.3. The molecule has 0 saturated heterocycles. The Hall–Kier alpha value is -2.23. The highest BCUT2D eigenvalue weighted by molar-refractivity contribution is 5.47. The van der Waals surface area contributed by atoms with Crippen LogP contribution in [0.3, 0.4) is 0 Å². The number of pyridine rings is 1. The fourth-order valence-corrected chi connectivity index (χ4v) is 1.93. The van der Waals surface area contributed by atoms with Gasteiger partial charge in [-0.2, -0.15) is 0 Å². The van der Waals surface area contributed by atoms with Gasteiger partial charge in [0.25, 0.3) is 0 Å². The van der Waals surface area contributed by atoms with Gasteiger partial charge < -0.3 is 15.2 Å². The number of aromatic hydroxyl groups is 1. The van der Waals surface area contributed by atoms with Crippen LogP contribution >= 0.6 is 0 Å². The topological polar surface area (TPSA) is 54.4 Å². The molecule has 0 fully saturated rings. The minimum atomic E-state index is -0.00389. The number of nitrogens with zero attached hydrogens (tertiary/aromatic N) is 1. The van der Waals surface area contributed by atoms with E-state index in [1.54, 1.807) is 25.4 Å². The Morgan fingerprint density at radius 3 is 2.63 bits per heavy atom. The highest BCUT2D eigenvalue weighted by Crippen LogP contribution is 2.27. The summed E-state index contributed by atoms with van der Waals surface area (Å²) in [5.41, 5.74) is 2.79. The third kappa shape index (κ3) is 3.16. The molecule has 0 aliphatic carbocycles. The van der Waals surface area contributed by atoms with Crippen LogP contribution in [0.15, 0.2) is 36.5 Å². The molecule has 1 aromatic carbocycles. The first-order valence-corrected chi connectivity index (χ1v) is 6.16. The van der Waals surface area contributed by atoms with E-state index in [-0.39, 0.29) is 6.04 Å². The van der Waals surface area contributed by atoms with Gasteiger partial charge >= 0.3 is 0 Å². The van der Waals surface area contributed by atoms with Gasteiger partial charge in [0.2, 0.25) is 5.88 Å². The van der Waals surface area contributed by atoms with Gasteiger partial charge in [-0.05, 0) is 31.5 Å². The van der Waals surface area contributed by atoms with Crippen LogP contribution in [0.4, 0.5) is 5.69 Å². The summed E-state index contributed by atoms with van der Waals surface area (Å²) in [5.74, 6) is 0.887. The van der Waals surface area contributed by atoms with Crippen LogP contribution in [0.2, 0.25) is 0 Å². The van der Waals surface area contributed by atoms with Crippen molar-refractivity contribution in [3.63, 3.8) is 0 Å². The lowest BCUT2D eigenvalue weighted by molar-refractivity contribution is 0.398. The molecule has 0 aliphatic rings. The van der Waals surface area contributed by atoms with Crippen molar-refractivity contribution in [1.82, 2.24) is 4.98 Å². The number of phenolic OH excluding ortho intramolecular Hbond substituents is 1. The third-order valence-corrected chi connectivity index (χ3v) is 2.98. The summed E-state index contributed by atoms with van der Waals surface area (Å²) < 4.78 is 5.01. The molecule has 0 radical (unpaired) electrons. The number of phenols is 1. The van der Waals surface area contributed by atoms with E-state index >= 15 is 0 Å². The number of aromatic nitrogens is 1.